The third-order valence-electron chi connectivity index (χ3n) is 1.11. The van der Waals surface area contributed by atoms with Crippen LogP contribution in [0.25, 0.3) is 0 Å². The van der Waals surface area contributed by atoms with E-state index in [1.807, 2.05) is 60.7 Å². The van der Waals surface area contributed by atoms with Crippen LogP contribution in [0.5, 0.6) is 0 Å². The Kier molecular flexibility index (Phi) is 12.4. The molecule has 0 saturated heterocycles. The van der Waals surface area contributed by atoms with Crippen LogP contribution in [0.15, 0.2) is 60.7 Å². The monoisotopic (exact) mass is 216 g/mol. The normalized spacial score (nSPS) is 6.67. The van der Waals surface area contributed by atoms with Gasteiger partial charge in [-0.05, 0) is 0 Å². The topological polar surface area (TPSA) is 0 Å². The SMILES string of the molecule is [Cl-].[V].c1cc[cH-]c1.c1cc[cH-]c1. The van der Waals surface area contributed by atoms with Crippen molar-refractivity contribution in [2.24, 2.45) is 0 Å². The first-order valence-corrected chi connectivity index (χ1v) is 3.33. The number of rotatable bonds is 0. The molecule has 0 amide bonds. The minimum atomic E-state index is 0. The van der Waals surface area contributed by atoms with Crippen LogP contribution in [0.4, 0.5) is 0 Å². The molecule has 2 heteroatoms. The summed E-state index contributed by atoms with van der Waals surface area (Å²) < 4.78 is 0. The molecule has 0 aliphatic heterocycles. The molecule has 2 rings (SSSR count). The Labute approximate surface area is 91.6 Å². The Morgan fingerprint density at radius 2 is 0.833 bits per heavy atom. The molecular formula is C10H10ClV-3. The standard InChI is InChI=1S/2C5H5.ClH.V/c2*1-2-4-5-3-1;;/h2*1-5H;1H;/q2*-1;;/p-1. The molecule has 0 aromatic heterocycles. The molecule has 0 unspecified atom stereocenters. The summed E-state index contributed by atoms with van der Waals surface area (Å²) >= 11 is 0. The van der Waals surface area contributed by atoms with Crippen LogP contribution in [0.2, 0.25) is 0 Å². The molecule has 0 aliphatic carbocycles. The zero-order valence-electron chi connectivity index (χ0n) is 6.60. The van der Waals surface area contributed by atoms with Crippen LogP contribution in [0.3, 0.4) is 0 Å². The van der Waals surface area contributed by atoms with Gasteiger partial charge < -0.3 is 12.4 Å². The molecule has 0 atom stereocenters. The van der Waals surface area contributed by atoms with E-state index < -0.39 is 0 Å². The zero-order chi connectivity index (χ0) is 7.07. The third-order valence-corrected chi connectivity index (χ3v) is 1.11. The minimum Gasteiger partial charge on any atom is -1.00 e. The van der Waals surface area contributed by atoms with Crippen LogP contribution in [-0.2, 0) is 18.6 Å². The Morgan fingerprint density at radius 3 is 0.917 bits per heavy atom. The Balaban J connectivity index is 0. The summed E-state index contributed by atoms with van der Waals surface area (Å²) in [5, 5.41) is 0. The minimum absolute atomic E-state index is 0. The van der Waals surface area contributed by atoms with E-state index in [1.54, 1.807) is 0 Å². The van der Waals surface area contributed by atoms with E-state index in [0.29, 0.717) is 0 Å². The smallest absolute Gasteiger partial charge is 0 e. The van der Waals surface area contributed by atoms with Crippen molar-refractivity contribution in [2.75, 3.05) is 0 Å². The van der Waals surface area contributed by atoms with Gasteiger partial charge in [0.1, 0.15) is 0 Å². The van der Waals surface area contributed by atoms with Gasteiger partial charge in [0.2, 0.25) is 0 Å². The quantitative estimate of drug-likeness (QED) is 0.536. The van der Waals surface area contributed by atoms with Gasteiger partial charge >= 0.3 is 0 Å². The van der Waals surface area contributed by atoms with E-state index in [4.69, 9.17) is 0 Å². The Morgan fingerprint density at radius 1 is 0.583 bits per heavy atom. The molecule has 2 aromatic carbocycles. The van der Waals surface area contributed by atoms with Gasteiger partial charge in [-0.1, -0.05) is 0 Å². The fraction of sp³-hybridized carbons (Fsp3) is 0. The van der Waals surface area contributed by atoms with E-state index in [1.165, 1.54) is 0 Å². The van der Waals surface area contributed by atoms with Crippen molar-refractivity contribution in [3.05, 3.63) is 60.7 Å². The van der Waals surface area contributed by atoms with Crippen molar-refractivity contribution in [3.8, 4) is 0 Å². The first kappa shape index (κ1) is 14.1. The van der Waals surface area contributed by atoms with Crippen molar-refractivity contribution < 1.29 is 31.0 Å². The van der Waals surface area contributed by atoms with E-state index in [-0.39, 0.29) is 31.0 Å². The maximum absolute atomic E-state index is 2.00. The molecule has 0 bridgehead atoms. The van der Waals surface area contributed by atoms with Gasteiger partial charge in [0.25, 0.3) is 0 Å². The van der Waals surface area contributed by atoms with E-state index in [0.717, 1.165) is 0 Å². The average molecular weight is 217 g/mol. The second-order valence-electron chi connectivity index (χ2n) is 1.92. The maximum atomic E-state index is 2.00. The number of halogens is 1. The van der Waals surface area contributed by atoms with E-state index in [2.05, 4.69) is 0 Å². The molecule has 0 spiro atoms. The molecule has 65 valence electrons. The fourth-order valence-electron chi connectivity index (χ4n) is 0.642. The van der Waals surface area contributed by atoms with Crippen molar-refractivity contribution in [1.82, 2.24) is 0 Å². The molecule has 1 radical (unpaired) electrons. The van der Waals surface area contributed by atoms with Gasteiger partial charge in [-0.15, -0.1) is 0 Å². The summed E-state index contributed by atoms with van der Waals surface area (Å²) in [6, 6.07) is 20.0. The van der Waals surface area contributed by atoms with Gasteiger partial charge in [0.15, 0.2) is 0 Å². The predicted molar refractivity (Wildman–Crippen MR) is 44.1 cm³/mol. The summed E-state index contributed by atoms with van der Waals surface area (Å²) in [6.45, 7) is 0. The summed E-state index contributed by atoms with van der Waals surface area (Å²) in [5.41, 5.74) is 0. The molecular weight excluding hydrogens is 207 g/mol. The second-order valence-corrected chi connectivity index (χ2v) is 1.92. The van der Waals surface area contributed by atoms with E-state index in [9.17, 15) is 0 Å². The number of hydrogen-bond acceptors (Lipinski definition) is 0. The van der Waals surface area contributed by atoms with Gasteiger partial charge in [0, 0.05) is 18.6 Å². The zero-order valence-corrected chi connectivity index (χ0v) is 8.75. The second kappa shape index (κ2) is 10.6. The Bertz CT molecular complexity index is 149. The van der Waals surface area contributed by atoms with Gasteiger partial charge in [0.05, 0.1) is 0 Å². The molecule has 12 heavy (non-hydrogen) atoms. The summed E-state index contributed by atoms with van der Waals surface area (Å²) in [6.07, 6.45) is 0. The van der Waals surface area contributed by atoms with Crippen molar-refractivity contribution in [2.45, 2.75) is 0 Å². The largest absolute Gasteiger partial charge is 1.00 e. The molecule has 0 aliphatic rings. The van der Waals surface area contributed by atoms with Gasteiger partial charge in [-0.2, -0.15) is 36.4 Å². The van der Waals surface area contributed by atoms with Crippen LogP contribution < -0.4 is 12.4 Å². The van der Waals surface area contributed by atoms with Crippen molar-refractivity contribution in [3.63, 3.8) is 0 Å². The van der Waals surface area contributed by atoms with Crippen molar-refractivity contribution in [1.29, 1.82) is 0 Å². The predicted octanol–water partition coefficient (Wildman–Crippen LogP) is -0.187. The molecule has 2 aromatic rings. The molecule has 0 nitrogen and oxygen atoms in total. The Hall–Kier alpha value is -0.426. The van der Waals surface area contributed by atoms with E-state index >= 15 is 0 Å². The molecule has 0 heterocycles. The van der Waals surface area contributed by atoms with Crippen LogP contribution in [0, 0.1) is 0 Å². The van der Waals surface area contributed by atoms with Crippen molar-refractivity contribution >= 4 is 0 Å². The summed E-state index contributed by atoms with van der Waals surface area (Å²) in [5.74, 6) is 0. The summed E-state index contributed by atoms with van der Waals surface area (Å²) in [7, 11) is 0. The summed E-state index contributed by atoms with van der Waals surface area (Å²) in [4.78, 5) is 0. The van der Waals surface area contributed by atoms with Crippen LogP contribution in [-0.4, -0.2) is 0 Å². The van der Waals surface area contributed by atoms with Crippen LogP contribution >= 0.6 is 0 Å². The maximum Gasteiger partial charge on any atom is 0 e. The first-order valence-electron chi connectivity index (χ1n) is 3.33. The van der Waals surface area contributed by atoms with Gasteiger partial charge in [-0.3, -0.25) is 0 Å². The fourth-order valence-corrected chi connectivity index (χ4v) is 0.642. The number of hydrogen-bond donors (Lipinski definition) is 0. The molecule has 0 saturated carbocycles. The molecule has 0 N–H and O–H groups in total. The third kappa shape index (κ3) is 7.68. The first-order chi connectivity index (χ1) is 5.00. The van der Waals surface area contributed by atoms with Crippen LogP contribution in [0.1, 0.15) is 0 Å². The molecule has 0 fully saturated rings. The van der Waals surface area contributed by atoms with Gasteiger partial charge in [-0.25, -0.2) is 24.3 Å². The average Bonchev–Trinajstić information content (AvgIpc) is 2.67.